The number of anilines is 2. The van der Waals surface area contributed by atoms with Crippen LogP contribution in [0.1, 0.15) is 13.8 Å². The number of aromatic nitrogens is 2. The predicted molar refractivity (Wildman–Crippen MR) is 76.8 cm³/mol. The number of rotatable bonds is 10. The van der Waals surface area contributed by atoms with Crippen molar-refractivity contribution in [2.75, 3.05) is 56.8 Å². The van der Waals surface area contributed by atoms with Gasteiger partial charge in [0, 0.05) is 39.4 Å². The molecular weight excluding hydrogens is 244 g/mol. The largest absolute Gasteiger partial charge is 0.380 e. The van der Waals surface area contributed by atoms with Crippen LogP contribution in [0.15, 0.2) is 12.4 Å². The first-order chi connectivity index (χ1) is 9.31. The Kier molecular flexibility index (Phi) is 7.84. The molecule has 1 heterocycles. The third kappa shape index (κ3) is 5.85. The lowest BCUT2D eigenvalue weighted by molar-refractivity contribution is 0.141. The van der Waals surface area contributed by atoms with Gasteiger partial charge in [-0.25, -0.2) is 9.97 Å². The van der Waals surface area contributed by atoms with Crippen molar-refractivity contribution in [3.05, 3.63) is 12.4 Å². The summed E-state index contributed by atoms with van der Waals surface area (Å²) in [5.41, 5.74) is 0. The molecule has 6 heteroatoms. The standard InChI is InChI=1S/C13H24N4O2/c1-4-18-8-6-17(7-9-19-5-2)13-10-12(14-3)15-11-16-13/h10-11H,4-9H2,1-3H3,(H,14,15,16). The molecule has 0 radical (unpaired) electrons. The lowest BCUT2D eigenvalue weighted by Gasteiger charge is -2.23. The van der Waals surface area contributed by atoms with Crippen molar-refractivity contribution >= 4 is 11.6 Å². The molecular formula is C13H24N4O2. The minimum Gasteiger partial charge on any atom is -0.380 e. The van der Waals surface area contributed by atoms with Gasteiger partial charge in [-0.2, -0.15) is 0 Å². The quantitative estimate of drug-likeness (QED) is 0.647. The van der Waals surface area contributed by atoms with Crippen molar-refractivity contribution in [3.63, 3.8) is 0 Å². The number of ether oxygens (including phenoxy) is 2. The number of hydrogen-bond donors (Lipinski definition) is 1. The van der Waals surface area contributed by atoms with Crippen LogP contribution in [0.3, 0.4) is 0 Å². The number of nitrogens with one attached hydrogen (secondary N) is 1. The first-order valence-corrected chi connectivity index (χ1v) is 6.72. The maximum absolute atomic E-state index is 5.41. The molecule has 0 aliphatic heterocycles. The SMILES string of the molecule is CCOCCN(CCOCC)c1cc(NC)ncn1. The maximum atomic E-state index is 5.41. The summed E-state index contributed by atoms with van der Waals surface area (Å²) in [5, 5.41) is 3.02. The van der Waals surface area contributed by atoms with Gasteiger partial charge in [0.2, 0.25) is 0 Å². The van der Waals surface area contributed by atoms with Crippen LogP contribution in [-0.2, 0) is 9.47 Å². The fraction of sp³-hybridized carbons (Fsp3) is 0.692. The Bertz CT molecular complexity index is 339. The molecule has 19 heavy (non-hydrogen) atoms. The van der Waals surface area contributed by atoms with E-state index in [2.05, 4.69) is 20.2 Å². The highest BCUT2D eigenvalue weighted by Gasteiger charge is 2.08. The van der Waals surface area contributed by atoms with Crippen LogP contribution in [0.2, 0.25) is 0 Å². The maximum Gasteiger partial charge on any atom is 0.134 e. The van der Waals surface area contributed by atoms with Crippen LogP contribution in [0.25, 0.3) is 0 Å². The van der Waals surface area contributed by atoms with Crippen molar-refractivity contribution in [2.45, 2.75) is 13.8 Å². The molecule has 0 atom stereocenters. The molecule has 0 amide bonds. The predicted octanol–water partition coefficient (Wildman–Crippen LogP) is 1.40. The second-order valence-electron chi connectivity index (χ2n) is 3.89. The minimum atomic E-state index is 0.682. The lowest BCUT2D eigenvalue weighted by atomic mass is 10.4. The average Bonchev–Trinajstić information content (AvgIpc) is 2.46. The second-order valence-corrected chi connectivity index (χ2v) is 3.89. The molecule has 1 aromatic heterocycles. The van der Waals surface area contributed by atoms with E-state index in [1.807, 2.05) is 27.0 Å². The summed E-state index contributed by atoms with van der Waals surface area (Å²) in [4.78, 5) is 10.6. The van der Waals surface area contributed by atoms with Gasteiger partial charge in [0.05, 0.1) is 13.2 Å². The highest BCUT2D eigenvalue weighted by molar-refractivity contribution is 5.48. The smallest absolute Gasteiger partial charge is 0.134 e. The summed E-state index contributed by atoms with van der Waals surface area (Å²) in [6, 6.07) is 1.93. The molecule has 6 nitrogen and oxygen atoms in total. The van der Waals surface area contributed by atoms with Gasteiger partial charge >= 0.3 is 0 Å². The summed E-state index contributed by atoms with van der Waals surface area (Å²) >= 11 is 0. The fourth-order valence-electron chi connectivity index (χ4n) is 1.64. The molecule has 1 aromatic rings. The zero-order chi connectivity index (χ0) is 13.9. The van der Waals surface area contributed by atoms with E-state index < -0.39 is 0 Å². The summed E-state index contributed by atoms with van der Waals surface area (Å²) in [5.74, 6) is 1.70. The highest BCUT2D eigenvalue weighted by atomic mass is 16.5. The molecule has 0 unspecified atom stereocenters. The zero-order valence-electron chi connectivity index (χ0n) is 12.1. The van der Waals surface area contributed by atoms with Gasteiger partial charge < -0.3 is 19.7 Å². The monoisotopic (exact) mass is 268 g/mol. The highest BCUT2D eigenvalue weighted by Crippen LogP contribution is 2.13. The topological polar surface area (TPSA) is 59.5 Å². The lowest BCUT2D eigenvalue weighted by Crippen LogP contribution is -2.32. The van der Waals surface area contributed by atoms with Crippen LogP contribution in [0, 0.1) is 0 Å². The molecule has 0 aromatic carbocycles. The summed E-state index contributed by atoms with van der Waals surface area (Å²) < 4.78 is 10.8. The van der Waals surface area contributed by atoms with Crippen LogP contribution in [0.4, 0.5) is 11.6 Å². The Morgan fingerprint density at radius 3 is 2.26 bits per heavy atom. The van der Waals surface area contributed by atoms with E-state index in [0.29, 0.717) is 13.2 Å². The van der Waals surface area contributed by atoms with Gasteiger partial charge in [0.15, 0.2) is 0 Å². The summed E-state index contributed by atoms with van der Waals surface area (Å²) in [7, 11) is 1.84. The van der Waals surface area contributed by atoms with Crippen molar-refractivity contribution < 1.29 is 9.47 Å². The molecule has 1 N–H and O–H groups in total. The first-order valence-electron chi connectivity index (χ1n) is 6.72. The van der Waals surface area contributed by atoms with Gasteiger partial charge in [0.1, 0.15) is 18.0 Å². The van der Waals surface area contributed by atoms with Crippen LogP contribution in [0.5, 0.6) is 0 Å². The minimum absolute atomic E-state index is 0.682. The molecule has 0 saturated carbocycles. The molecule has 1 rings (SSSR count). The number of hydrogen-bond acceptors (Lipinski definition) is 6. The molecule has 0 saturated heterocycles. The second kappa shape index (κ2) is 9.52. The van der Waals surface area contributed by atoms with Gasteiger partial charge in [-0.3, -0.25) is 0 Å². The average molecular weight is 268 g/mol. The Morgan fingerprint density at radius 1 is 1.11 bits per heavy atom. The molecule has 108 valence electrons. The van der Waals surface area contributed by atoms with Crippen molar-refractivity contribution in [3.8, 4) is 0 Å². The van der Waals surface area contributed by atoms with Gasteiger partial charge in [-0.15, -0.1) is 0 Å². The number of nitrogens with zero attached hydrogens (tertiary/aromatic N) is 3. The Labute approximate surface area is 115 Å². The van der Waals surface area contributed by atoms with Crippen molar-refractivity contribution in [1.29, 1.82) is 0 Å². The summed E-state index contributed by atoms with van der Waals surface area (Å²) in [6.45, 7) is 8.39. The fourth-order valence-corrected chi connectivity index (χ4v) is 1.64. The van der Waals surface area contributed by atoms with E-state index in [9.17, 15) is 0 Å². The van der Waals surface area contributed by atoms with Gasteiger partial charge in [-0.05, 0) is 13.8 Å². The van der Waals surface area contributed by atoms with E-state index >= 15 is 0 Å². The first kappa shape index (κ1) is 15.7. The molecule has 0 spiro atoms. The van der Waals surface area contributed by atoms with Crippen molar-refractivity contribution in [2.24, 2.45) is 0 Å². The van der Waals surface area contributed by atoms with Crippen LogP contribution in [-0.4, -0.2) is 56.5 Å². The normalized spacial score (nSPS) is 10.5. The Balaban J connectivity index is 2.63. The Hall–Kier alpha value is -1.40. The van der Waals surface area contributed by atoms with Crippen molar-refractivity contribution in [1.82, 2.24) is 9.97 Å². The van der Waals surface area contributed by atoms with E-state index in [0.717, 1.165) is 37.9 Å². The van der Waals surface area contributed by atoms with Crippen LogP contribution >= 0.6 is 0 Å². The third-order valence-electron chi connectivity index (χ3n) is 2.65. The zero-order valence-corrected chi connectivity index (χ0v) is 12.1. The Morgan fingerprint density at radius 2 is 1.74 bits per heavy atom. The van der Waals surface area contributed by atoms with E-state index in [4.69, 9.17) is 9.47 Å². The summed E-state index contributed by atoms with van der Waals surface area (Å²) in [6.07, 6.45) is 1.57. The molecule has 0 aliphatic rings. The molecule has 0 fully saturated rings. The van der Waals surface area contributed by atoms with E-state index in [1.165, 1.54) is 0 Å². The molecule has 0 aliphatic carbocycles. The van der Waals surface area contributed by atoms with E-state index in [1.54, 1.807) is 6.33 Å². The third-order valence-corrected chi connectivity index (χ3v) is 2.65. The van der Waals surface area contributed by atoms with E-state index in [-0.39, 0.29) is 0 Å². The van der Waals surface area contributed by atoms with Crippen LogP contribution < -0.4 is 10.2 Å². The van der Waals surface area contributed by atoms with Gasteiger partial charge in [0.25, 0.3) is 0 Å². The molecule has 0 bridgehead atoms. The van der Waals surface area contributed by atoms with Gasteiger partial charge in [-0.1, -0.05) is 0 Å².